The van der Waals surface area contributed by atoms with Gasteiger partial charge in [0.25, 0.3) is 0 Å². The van der Waals surface area contributed by atoms with E-state index < -0.39 is 0 Å². The Kier molecular flexibility index (Phi) is 6.49. The number of carbonyl (C=O) groups excluding carboxylic acids is 1. The van der Waals surface area contributed by atoms with Crippen molar-refractivity contribution in [1.82, 2.24) is 20.2 Å². The van der Waals surface area contributed by atoms with Crippen LogP contribution >= 0.6 is 0 Å². The molecule has 3 aromatic rings. The van der Waals surface area contributed by atoms with Gasteiger partial charge in [-0.1, -0.05) is 39.0 Å². The minimum absolute atomic E-state index is 0.157. The van der Waals surface area contributed by atoms with Crippen molar-refractivity contribution in [3.63, 3.8) is 0 Å². The second kappa shape index (κ2) is 9.45. The number of ketones is 1. The second-order valence-electron chi connectivity index (χ2n) is 8.80. The molecule has 31 heavy (non-hydrogen) atoms. The number of fused-ring (bicyclic) bond motifs is 1. The molecule has 2 N–H and O–H groups in total. The van der Waals surface area contributed by atoms with E-state index in [0.29, 0.717) is 24.0 Å². The zero-order valence-corrected chi connectivity index (χ0v) is 18.6. The summed E-state index contributed by atoms with van der Waals surface area (Å²) in [6.07, 6.45) is 6.85. The first kappa shape index (κ1) is 21.3. The minimum atomic E-state index is -0.157. The SMILES string of the molecule is CC[C@@H](Nc1ccccc1C(C)C)C(=O)C[C@@H]1CCCN(c2ncnc3[nH]ncc23)C1. The Hall–Kier alpha value is -2.96. The Labute approximate surface area is 183 Å². The molecule has 0 aliphatic carbocycles. The molecule has 3 heterocycles. The van der Waals surface area contributed by atoms with Crippen molar-refractivity contribution in [2.24, 2.45) is 5.92 Å². The molecule has 7 heteroatoms. The average Bonchev–Trinajstić information content (AvgIpc) is 3.26. The maximum absolute atomic E-state index is 13.2. The van der Waals surface area contributed by atoms with E-state index in [0.717, 1.165) is 54.9 Å². The molecular weight excluding hydrogens is 388 g/mol. The van der Waals surface area contributed by atoms with Gasteiger partial charge in [0.05, 0.1) is 17.6 Å². The molecule has 1 aromatic carbocycles. The molecule has 1 saturated heterocycles. The summed E-state index contributed by atoms with van der Waals surface area (Å²) in [5, 5.41) is 11.5. The number of hydrogen-bond donors (Lipinski definition) is 2. The molecule has 7 nitrogen and oxygen atoms in total. The van der Waals surface area contributed by atoms with Gasteiger partial charge in [0.1, 0.15) is 12.1 Å². The molecule has 0 unspecified atom stereocenters. The number of aromatic amines is 1. The summed E-state index contributed by atoms with van der Waals surface area (Å²) in [5.41, 5.74) is 3.08. The van der Waals surface area contributed by atoms with E-state index in [1.165, 1.54) is 5.56 Å². The van der Waals surface area contributed by atoms with Gasteiger partial charge in [-0.2, -0.15) is 5.10 Å². The number of benzene rings is 1. The summed E-state index contributed by atoms with van der Waals surface area (Å²) in [7, 11) is 0. The van der Waals surface area contributed by atoms with E-state index >= 15 is 0 Å². The lowest BCUT2D eigenvalue weighted by Gasteiger charge is -2.34. The van der Waals surface area contributed by atoms with Crippen LogP contribution in [0.5, 0.6) is 0 Å². The Balaban J connectivity index is 1.43. The van der Waals surface area contributed by atoms with Gasteiger partial charge in [-0.15, -0.1) is 0 Å². The molecule has 0 radical (unpaired) electrons. The third kappa shape index (κ3) is 4.70. The Morgan fingerprint density at radius 1 is 1.29 bits per heavy atom. The summed E-state index contributed by atoms with van der Waals surface area (Å²) in [5.74, 6) is 1.95. The number of Topliss-reactive ketones (excluding diaryl/α,β-unsaturated/α-hetero) is 1. The van der Waals surface area contributed by atoms with Gasteiger partial charge in [-0.05, 0) is 42.7 Å². The highest BCUT2D eigenvalue weighted by Gasteiger charge is 2.27. The summed E-state index contributed by atoms with van der Waals surface area (Å²) in [6.45, 7) is 8.23. The predicted octanol–water partition coefficient (Wildman–Crippen LogP) is 4.54. The lowest BCUT2D eigenvalue weighted by atomic mass is 9.90. The van der Waals surface area contributed by atoms with Gasteiger partial charge >= 0.3 is 0 Å². The largest absolute Gasteiger partial charge is 0.375 e. The Bertz CT molecular complexity index is 1030. The van der Waals surface area contributed by atoms with E-state index in [1.807, 2.05) is 6.07 Å². The maximum Gasteiger partial charge on any atom is 0.160 e. The highest BCUT2D eigenvalue weighted by Crippen LogP contribution is 2.29. The first-order valence-electron chi connectivity index (χ1n) is 11.3. The molecule has 2 aromatic heterocycles. The molecule has 0 bridgehead atoms. The van der Waals surface area contributed by atoms with Crippen molar-refractivity contribution in [2.75, 3.05) is 23.3 Å². The van der Waals surface area contributed by atoms with Crippen molar-refractivity contribution in [2.45, 2.75) is 58.4 Å². The average molecular weight is 421 g/mol. The third-order valence-corrected chi connectivity index (χ3v) is 6.24. The van der Waals surface area contributed by atoms with Crippen LogP contribution in [-0.4, -0.2) is 45.1 Å². The highest BCUT2D eigenvalue weighted by atomic mass is 16.1. The molecule has 0 amide bonds. The van der Waals surface area contributed by atoms with Gasteiger partial charge in [-0.25, -0.2) is 9.97 Å². The first-order chi connectivity index (χ1) is 15.1. The van der Waals surface area contributed by atoms with Gasteiger partial charge in [-0.3, -0.25) is 9.89 Å². The zero-order valence-electron chi connectivity index (χ0n) is 18.6. The predicted molar refractivity (Wildman–Crippen MR) is 124 cm³/mol. The molecule has 0 saturated carbocycles. The molecule has 1 fully saturated rings. The molecule has 1 aliphatic rings. The number of piperidine rings is 1. The van der Waals surface area contributed by atoms with Crippen LogP contribution in [0.2, 0.25) is 0 Å². The number of anilines is 2. The van der Waals surface area contributed by atoms with Crippen LogP contribution in [0, 0.1) is 5.92 Å². The van der Waals surface area contributed by atoms with Crippen molar-refractivity contribution in [3.05, 3.63) is 42.4 Å². The van der Waals surface area contributed by atoms with Crippen LogP contribution in [0.25, 0.3) is 11.0 Å². The Morgan fingerprint density at radius 3 is 2.94 bits per heavy atom. The first-order valence-corrected chi connectivity index (χ1v) is 11.3. The van der Waals surface area contributed by atoms with Crippen molar-refractivity contribution < 1.29 is 4.79 Å². The molecule has 164 valence electrons. The normalized spacial score (nSPS) is 17.8. The fourth-order valence-corrected chi connectivity index (χ4v) is 4.58. The molecule has 2 atom stereocenters. The van der Waals surface area contributed by atoms with Crippen LogP contribution in [-0.2, 0) is 4.79 Å². The summed E-state index contributed by atoms with van der Waals surface area (Å²) in [4.78, 5) is 24.2. The van der Waals surface area contributed by atoms with Crippen LogP contribution in [0.15, 0.2) is 36.8 Å². The zero-order chi connectivity index (χ0) is 21.8. The maximum atomic E-state index is 13.2. The number of carbonyl (C=O) groups is 1. The van der Waals surface area contributed by atoms with Crippen LogP contribution in [0.3, 0.4) is 0 Å². The van der Waals surface area contributed by atoms with Crippen molar-refractivity contribution in [3.8, 4) is 0 Å². The molecular formula is C24H32N6O. The lowest BCUT2D eigenvalue weighted by molar-refractivity contribution is -0.120. The van der Waals surface area contributed by atoms with Gasteiger partial charge in [0.2, 0.25) is 0 Å². The second-order valence-corrected chi connectivity index (χ2v) is 8.80. The van der Waals surface area contributed by atoms with Gasteiger partial charge in [0, 0.05) is 25.2 Å². The number of rotatable bonds is 8. The summed E-state index contributed by atoms with van der Waals surface area (Å²) in [6, 6.07) is 8.16. The topological polar surface area (TPSA) is 86.8 Å². The van der Waals surface area contributed by atoms with E-state index in [-0.39, 0.29) is 6.04 Å². The summed E-state index contributed by atoms with van der Waals surface area (Å²) < 4.78 is 0. The van der Waals surface area contributed by atoms with Crippen LogP contribution in [0.4, 0.5) is 11.5 Å². The third-order valence-electron chi connectivity index (χ3n) is 6.24. The fourth-order valence-electron chi connectivity index (χ4n) is 4.58. The summed E-state index contributed by atoms with van der Waals surface area (Å²) >= 11 is 0. The number of hydrogen-bond acceptors (Lipinski definition) is 6. The van der Waals surface area contributed by atoms with E-state index in [4.69, 9.17) is 0 Å². The number of H-pyrrole nitrogens is 1. The van der Waals surface area contributed by atoms with Crippen LogP contribution < -0.4 is 10.2 Å². The highest BCUT2D eigenvalue weighted by molar-refractivity contribution is 5.88. The molecule has 4 rings (SSSR count). The smallest absolute Gasteiger partial charge is 0.160 e. The fraction of sp³-hybridized carbons (Fsp3) is 0.500. The van der Waals surface area contributed by atoms with Crippen molar-refractivity contribution in [1.29, 1.82) is 0 Å². The van der Waals surface area contributed by atoms with Gasteiger partial charge in [0.15, 0.2) is 11.4 Å². The standard InChI is InChI=1S/C24H32N6O/c1-4-20(28-21-10-6-5-9-18(21)16(2)3)22(31)12-17-8-7-11-30(14-17)24-19-13-27-29-23(19)25-15-26-24/h5-6,9-10,13,15-17,20,28H,4,7-8,11-12,14H2,1-3H3,(H,25,26,27,29)/t17-,20+/m0/s1. The number of nitrogens with one attached hydrogen (secondary N) is 2. The number of aromatic nitrogens is 4. The van der Waals surface area contributed by atoms with Crippen LogP contribution in [0.1, 0.15) is 57.9 Å². The van der Waals surface area contributed by atoms with E-state index in [1.54, 1.807) is 12.5 Å². The van der Waals surface area contributed by atoms with E-state index in [2.05, 4.69) is 69.4 Å². The van der Waals surface area contributed by atoms with E-state index in [9.17, 15) is 4.79 Å². The lowest BCUT2D eigenvalue weighted by Crippen LogP contribution is -2.39. The Morgan fingerprint density at radius 2 is 2.13 bits per heavy atom. The van der Waals surface area contributed by atoms with Gasteiger partial charge < -0.3 is 10.2 Å². The minimum Gasteiger partial charge on any atom is -0.375 e. The molecule has 0 spiro atoms. The quantitative estimate of drug-likeness (QED) is 0.556. The van der Waals surface area contributed by atoms with Crippen molar-refractivity contribution >= 4 is 28.3 Å². The number of para-hydroxylation sites is 1. The number of nitrogens with zero attached hydrogens (tertiary/aromatic N) is 4. The molecule has 1 aliphatic heterocycles. The monoisotopic (exact) mass is 420 g/mol.